The van der Waals surface area contributed by atoms with E-state index in [9.17, 15) is 4.79 Å². The molecular weight excluding hydrogens is 260 g/mol. The molecule has 1 heterocycles. The van der Waals surface area contributed by atoms with Gasteiger partial charge in [-0.05, 0) is 12.8 Å². The van der Waals surface area contributed by atoms with Gasteiger partial charge in [0, 0.05) is 16.9 Å². The highest BCUT2D eigenvalue weighted by atomic mass is 79.9. The normalized spacial score (nSPS) is 15.0. The van der Waals surface area contributed by atoms with Crippen LogP contribution >= 0.6 is 15.9 Å². The Morgan fingerprint density at radius 3 is 3.00 bits per heavy atom. The number of hydrogen-bond donors (Lipinski definition) is 2. The second kappa shape index (κ2) is 4.14. The lowest BCUT2D eigenvalue weighted by molar-refractivity contribution is 0.0948. The number of H-pyrrole nitrogens is 1. The fourth-order valence-corrected chi connectivity index (χ4v) is 1.31. The first-order valence-electron chi connectivity index (χ1n) is 4.70. The third-order valence-corrected chi connectivity index (χ3v) is 2.39. The van der Waals surface area contributed by atoms with Crippen LogP contribution in [0.4, 0.5) is 0 Å². The molecule has 0 aliphatic heterocycles. The van der Waals surface area contributed by atoms with Crippen molar-refractivity contribution in [2.24, 2.45) is 0 Å². The summed E-state index contributed by atoms with van der Waals surface area (Å²) in [6.07, 6.45) is 2.27. The fourth-order valence-electron chi connectivity index (χ4n) is 1.17. The highest BCUT2D eigenvalue weighted by Gasteiger charge is 2.28. The van der Waals surface area contributed by atoms with Crippen LogP contribution in [0.25, 0.3) is 0 Å². The molecule has 1 amide bonds. The molecule has 5 nitrogen and oxygen atoms in total. The van der Waals surface area contributed by atoms with Gasteiger partial charge in [0.05, 0.1) is 0 Å². The summed E-state index contributed by atoms with van der Waals surface area (Å²) in [5.41, 5.74) is 0. The lowest BCUT2D eigenvalue weighted by Gasteiger charge is -1.98. The molecule has 6 heteroatoms. The van der Waals surface area contributed by atoms with Gasteiger partial charge >= 0.3 is 0 Å². The first kappa shape index (κ1) is 10.4. The molecule has 1 aromatic rings. The summed E-state index contributed by atoms with van der Waals surface area (Å²) in [6.45, 7) is 4.00. The Balaban J connectivity index is 1.95. The summed E-state index contributed by atoms with van der Waals surface area (Å²) < 4.78 is 0.716. The number of carbonyl (C=O) groups excluding carboxylic acids is 1. The maximum atomic E-state index is 11.5. The molecule has 1 aliphatic rings. The molecule has 0 spiro atoms. The van der Waals surface area contributed by atoms with Gasteiger partial charge in [0.2, 0.25) is 5.82 Å². The van der Waals surface area contributed by atoms with Crippen molar-refractivity contribution in [1.29, 1.82) is 0 Å². The zero-order valence-electron chi connectivity index (χ0n) is 8.09. The number of halogens is 1. The molecule has 1 aromatic heterocycles. The van der Waals surface area contributed by atoms with E-state index < -0.39 is 0 Å². The van der Waals surface area contributed by atoms with Crippen molar-refractivity contribution in [3.63, 3.8) is 0 Å². The first-order chi connectivity index (χ1) is 7.16. The lowest BCUT2D eigenvalue weighted by atomic mass is 10.4. The van der Waals surface area contributed by atoms with Crippen LogP contribution in [0.15, 0.2) is 11.1 Å². The fraction of sp³-hybridized carbons (Fsp3) is 0.444. The molecule has 2 rings (SSSR count). The van der Waals surface area contributed by atoms with Gasteiger partial charge < -0.3 is 5.32 Å². The lowest BCUT2D eigenvalue weighted by Crippen LogP contribution is -2.25. The van der Waals surface area contributed by atoms with Crippen molar-refractivity contribution in [3.05, 3.63) is 22.7 Å². The number of hydrogen-bond acceptors (Lipinski definition) is 3. The van der Waals surface area contributed by atoms with Crippen LogP contribution in [-0.4, -0.2) is 27.6 Å². The molecule has 1 fully saturated rings. The minimum Gasteiger partial charge on any atom is -0.345 e. The third kappa shape index (κ3) is 2.65. The molecule has 15 heavy (non-hydrogen) atoms. The number of nitrogens with zero attached hydrogens (tertiary/aromatic N) is 2. The van der Waals surface area contributed by atoms with Gasteiger partial charge in [-0.15, -0.1) is 5.10 Å². The maximum Gasteiger partial charge on any atom is 0.291 e. The summed E-state index contributed by atoms with van der Waals surface area (Å²) in [5.74, 6) is 1.22. The van der Waals surface area contributed by atoms with E-state index in [0.717, 1.165) is 18.7 Å². The first-order valence-corrected chi connectivity index (χ1v) is 5.50. The average Bonchev–Trinajstić information content (AvgIpc) is 2.93. The number of carbonyl (C=O) groups is 1. The second-order valence-electron chi connectivity index (χ2n) is 3.52. The van der Waals surface area contributed by atoms with Gasteiger partial charge in [-0.3, -0.25) is 9.89 Å². The molecule has 0 atom stereocenters. The number of aromatic nitrogens is 3. The number of nitrogens with one attached hydrogen (secondary N) is 2. The Hall–Kier alpha value is -1.17. The van der Waals surface area contributed by atoms with Crippen LogP contribution in [0, 0.1) is 0 Å². The number of rotatable bonds is 4. The van der Waals surface area contributed by atoms with Crippen molar-refractivity contribution < 1.29 is 4.79 Å². The van der Waals surface area contributed by atoms with E-state index in [4.69, 9.17) is 0 Å². The molecule has 2 N–H and O–H groups in total. The number of amides is 1. The molecule has 1 saturated carbocycles. The Morgan fingerprint density at radius 1 is 1.67 bits per heavy atom. The van der Waals surface area contributed by atoms with Gasteiger partial charge in [-0.2, -0.15) is 0 Å². The maximum absolute atomic E-state index is 11.5. The largest absolute Gasteiger partial charge is 0.345 e. The molecule has 1 aliphatic carbocycles. The van der Waals surface area contributed by atoms with E-state index in [1.807, 2.05) is 0 Å². The monoisotopic (exact) mass is 270 g/mol. The van der Waals surface area contributed by atoms with Crippen molar-refractivity contribution in [2.45, 2.75) is 18.8 Å². The molecular formula is C9H11BrN4O. The number of aromatic amines is 1. The zero-order valence-corrected chi connectivity index (χ0v) is 9.67. The molecule has 0 bridgehead atoms. The summed E-state index contributed by atoms with van der Waals surface area (Å²) in [7, 11) is 0. The third-order valence-electron chi connectivity index (χ3n) is 2.11. The predicted octanol–water partition coefficient (Wildman–Crippen LogP) is 1.32. The molecule has 0 saturated heterocycles. The quantitative estimate of drug-likeness (QED) is 0.867. The van der Waals surface area contributed by atoms with E-state index >= 15 is 0 Å². The molecule has 0 unspecified atom stereocenters. The smallest absolute Gasteiger partial charge is 0.291 e. The van der Waals surface area contributed by atoms with Crippen LogP contribution in [0.3, 0.4) is 0 Å². The summed E-state index contributed by atoms with van der Waals surface area (Å²) >= 11 is 3.16. The minimum atomic E-state index is -0.279. The van der Waals surface area contributed by atoms with E-state index in [1.165, 1.54) is 0 Å². The van der Waals surface area contributed by atoms with Gasteiger partial charge in [-0.25, -0.2) is 4.98 Å². The van der Waals surface area contributed by atoms with E-state index in [0.29, 0.717) is 16.9 Å². The highest BCUT2D eigenvalue weighted by Crippen LogP contribution is 2.37. The zero-order chi connectivity index (χ0) is 10.8. The van der Waals surface area contributed by atoms with Crippen LogP contribution in [0.2, 0.25) is 0 Å². The standard InChI is InChI=1S/C9H11BrN4O/c1-5(10)4-11-9(15)8-12-7(13-14-8)6-2-3-6/h6H,1-4H2,(H,11,15)(H,12,13,14). The van der Waals surface area contributed by atoms with E-state index in [1.54, 1.807) is 0 Å². The summed E-state index contributed by atoms with van der Waals surface area (Å²) in [6, 6.07) is 0. The van der Waals surface area contributed by atoms with Crippen molar-refractivity contribution in [3.8, 4) is 0 Å². The van der Waals surface area contributed by atoms with Crippen molar-refractivity contribution in [1.82, 2.24) is 20.5 Å². The molecule has 80 valence electrons. The van der Waals surface area contributed by atoms with Crippen LogP contribution in [0.5, 0.6) is 0 Å². The Kier molecular flexibility index (Phi) is 2.86. The topological polar surface area (TPSA) is 70.7 Å². The van der Waals surface area contributed by atoms with Crippen LogP contribution < -0.4 is 5.32 Å². The Morgan fingerprint density at radius 2 is 2.40 bits per heavy atom. The predicted molar refractivity (Wildman–Crippen MR) is 58.8 cm³/mol. The Labute approximate surface area is 95.5 Å². The van der Waals surface area contributed by atoms with Crippen molar-refractivity contribution in [2.75, 3.05) is 6.54 Å². The van der Waals surface area contributed by atoms with Gasteiger partial charge in [-0.1, -0.05) is 22.5 Å². The highest BCUT2D eigenvalue weighted by molar-refractivity contribution is 9.11. The summed E-state index contributed by atoms with van der Waals surface area (Å²) in [4.78, 5) is 15.6. The molecule has 0 radical (unpaired) electrons. The Bertz CT molecular complexity index is 397. The average molecular weight is 271 g/mol. The SMILES string of the molecule is C=C(Br)CNC(=O)c1n[nH]c(C2CC2)n1. The van der Waals surface area contributed by atoms with Gasteiger partial charge in [0.25, 0.3) is 5.91 Å². The second-order valence-corrected chi connectivity index (χ2v) is 4.64. The van der Waals surface area contributed by atoms with Crippen LogP contribution in [0.1, 0.15) is 35.2 Å². The minimum absolute atomic E-state index is 0.200. The van der Waals surface area contributed by atoms with E-state index in [2.05, 4.69) is 43.0 Å². The van der Waals surface area contributed by atoms with Gasteiger partial charge in [0.15, 0.2) is 0 Å². The van der Waals surface area contributed by atoms with Gasteiger partial charge in [0.1, 0.15) is 5.82 Å². The van der Waals surface area contributed by atoms with E-state index in [-0.39, 0.29) is 11.7 Å². The summed E-state index contributed by atoms with van der Waals surface area (Å²) in [5, 5.41) is 9.28. The van der Waals surface area contributed by atoms with Crippen LogP contribution in [-0.2, 0) is 0 Å². The molecule has 0 aromatic carbocycles. The van der Waals surface area contributed by atoms with Crippen molar-refractivity contribution >= 4 is 21.8 Å².